The lowest BCUT2D eigenvalue weighted by Crippen LogP contribution is -2.19. The molecule has 0 saturated heterocycles. The van der Waals surface area contributed by atoms with Crippen molar-refractivity contribution in [1.29, 1.82) is 0 Å². The number of amides is 1. The summed E-state index contributed by atoms with van der Waals surface area (Å²) in [6.07, 6.45) is -3.06. The summed E-state index contributed by atoms with van der Waals surface area (Å²) in [5, 5.41) is 3.16. The molecular formula is C18H15F3N4O. The van der Waals surface area contributed by atoms with Crippen molar-refractivity contribution in [3.8, 4) is 0 Å². The Balaban J connectivity index is 2.04. The molecule has 5 nitrogen and oxygen atoms in total. The maximum Gasteiger partial charge on any atom is 0.417 e. The fourth-order valence-corrected chi connectivity index (χ4v) is 2.73. The summed E-state index contributed by atoms with van der Waals surface area (Å²) in [5.74, 6) is 4.67. The minimum atomic E-state index is -4.63. The van der Waals surface area contributed by atoms with Gasteiger partial charge in [0.15, 0.2) is 0 Å². The summed E-state index contributed by atoms with van der Waals surface area (Å²) >= 11 is 0. The van der Waals surface area contributed by atoms with Crippen molar-refractivity contribution >= 4 is 28.2 Å². The van der Waals surface area contributed by atoms with Gasteiger partial charge in [0.05, 0.1) is 28.0 Å². The number of anilines is 2. The number of benzene rings is 2. The largest absolute Gasteiger partial charge is 0.417 e. The van der Waals surface area contributed by atoms with Crippen LogP contribution in [0.3, 0.4) is 0 Å². The number of aryl methyl sites for hydroxylation is 1. The van der Waals surface area contributed by atoms with Crippen LogP contribution < -0.4 is 16.6 Å². The zero-order valence-corrected chi connectivity index (χ0v) is 13.7. The summed E-state index contributed by atoms with van der Waals surface area (Å²) in [4.78, 5) is 16.7. The van der Waals surface area contributed by atoms with Gasteiger partial charge < -0.3 is 10.7 Å². The molecular weight excluding hydrogens is 345 g/mol. The number of nitrogen functional groups attached to an aromatic ring is 1. The predicted octanol–water partition coefficient (Wildman–Crippen LogP) is 4.10. The van der Waals surface area contributed by atoms with E-state index < -0.39 is 23.2 Å². The highest BCUT2D eigenvalue weighted by Crippen LogP contribution is 2.33. The number of alkyl halides is 3. The van der Waals surface area contributed by atoms with Crippen LogP contribution in [0.15, 0.2) is 48.7 Å². The van der Waals surface area contributed by atoms with Crippen molar-refractivity contribution in [2.24, 2.45) is 5.84 Å². The number of aromatic nitrogens is 1. The van der Waals surface area contributed by atoms with Gasteiger partial charge in [0.25, 0.3) is 5.91 Å². The van der Waals surface area contributed by atoms with Crippen LogP contribution in [0.5, 0.6) is 0 Å². The second kappa shape index (κ2) is 6.64. The number of rotatable bonds is 3. The monoisotopic (exact) mass is 360 g/mol. The molecule has 0 spiro atoms. The van der Waals surface area contributed by atoms with Crippen molar-refractivity contribution in [3.63, 3.8) is 0 Å². The number of nitrogens with zero attached hydrogens (tertiary/aromatic N) is 1. The van der Waals surface area contributed by atoms with E-state index in [1.165, 1.54) is 12.1 Å². The van der Waals surface area contributed by atoms with Crippen LogP contribution in [0.1, 0.15) is 21.5 Å². The van der Waals surface area contributed by atoms with Crippen molar-refractivity contribution in [3.05, 3.63) is 65.4 Å². The molecule has 1 heterocycles. The van der Waals surface area contributed by atoms with E-state index in [0.29, 0.717) is 22.3 Å². The molecule has 0 radical (unpaired) electrons. The van der Waals surface area contributed by atoms with Gasteiger partial charge in [-0.2, -0.15) is 13.2 Å². The number of nitrogens with two attached hydrogens (primary N) is 1. The van der Waals surface area contributed by atoms with Crippen molar-refractivity contribution < 1.29 is 18.0 Å². The van der Waals surface area contributed by atoms with Crippen LogP contribution in [-0.2, 0) is 6.18 Å². The van der Waals surface area contributed by atoms with E-state index in [-0.39, 0.29) is 0 Å². The van der Waals surface area contributed by atoms with Crippen LogP contribution in [0.25, 0.3) is 10.9 Å². The number of nitrogens with one attached hydrogen (secondary N) is 2. The van der Waals surface area contributed by atoms with Gasteiger partial charge in [-0.1, -0.05) is 24.3 Å². The lowest BCUT2D eigenvalue weighted by atomic mass is 10.1. The van der Waals surface area contributed by atoms with Crippen LogP contribution in [0.4, 0.5) is 24.5 Å². The lowest BCUT2D eigenvalue weighted by Gasteiger charge is -2.15. The zero-order chi connectivity index (χ0) is 18.9. The second-order valence-electron chi connectivity index (χ2n) is 5.66. The molecule has 3 aromatic rings. The Bertz CT molecular complexity index is 986. The van der Waals surface area contributed by atoms with Gasteiger partial charge in [-0.05, 0) is 30.7 Å². The van der Waals surface area contributed by atoms with Gasteiger partial charge in [0.1, 0.15) is 0 Å². The molecule has 4 N–H and O–H groups in total. The molecule has 2 aromatic carbocycles. The lowest BCUT2D eigenvalue weighted by molar-refractivity contribution is -0.137. The van der Waals surface area contributed by atoms with E-state index in [4.69, 9.17) is 5.84 Å². The van der Waals surface area contributed by atoms with E-state index in [1.54, 1.807) is 24.4 Å². The first-order chi connectivity index (χ1) is 12.3. The number of hydrogen-bond donors (Lipinski definition) is 3. The van der Waals surface area contributed by atoms with E-state index in [2.05, 4.69) is 15.7 Å². The zero-order valence-electron chi connectivity index (χ0n) is 13.7. The van der Waals surface area contributed by atoms with Crippen molar-refractivity contribution in [2.45, 2.75) is 13.1 Å². The molecule has 1 amide bonds. The second-order valence-corrected chi connectivity index (χ2v) is 5.66. The van der Waals surface area contributed by atoms with E-state index >= 15 is 0 Å². The third-order valence-electron chi connectivity index (χ3n) is 3.96. The normalized spacial score (nSPS) is 11.4. The molecule has 0 aliphatic carbocycles. The molecule has 0 unspecified atom stereocenters. The minimum Gasteiger partial charge on any atom is -0.323 e. The molecule has 134 valence electrons. The minimum absolute atomic E-state index is 0.293. The van der Waals surface area contributed by atoms with E-state index in [0.717, 1.165) is 17.7 Å². The number of para-hydroxylation sites is 1. The summed E-state index contributed by atoms with van der Waals surface area (Å²) < 4.78 is 39.4. The molecule has 0 aliphatic heterocycles. The smallest absolute Gasteiger partial charge is 0.323 e. The molecule has 1 aromatic heterocycles. The SMILES string of the molecule is Cc1cnc2c(NC(=O)c3ccccc3C(F)(F)F)cccc2c1NN. The maximum absolute atomic E-state index is 13.1. The number of fused-ring (bicyclic) bond motifs is 1. The van der Waals surface area contributed by atoms with Gasteiger partial charge in [-0.15, -0.1) is 0 Å². The average molecular weight is 360 g/mol. The summed E-state index contributed by atoms with van der Waals surface area (Å²) in [5.41, 5.74) is 3.26. The Labute approximate surface area is 147 Å². The first-order valence-corrected chi connectivity index (χ1v) is 7.65. The first-order valence-electron chi connectivity index (χ1n) is 7.65. The Morgan fingerprint density at radius 2 is 1.85 bits per heavy atom. The molecule has 0 saturated carbocycles. The number of hydrogen-bond acceptors (Lipinski definition) is 4. The van der Waals surface area contributed by atoms with Crippen LogP contribution in [-0.4, -0.2) is 10.9 Å². The van der Waals surface area contributed by atoms with E-state index in [1.807, 2.05) is 6.92 Å². The van der Waals surface area contributed by atoms with Crippen molar-refractivity contribution in [2.75, 3.05) is 10.7 Å². The summed E-state index contributed by atoms with van der Waals surface area (Å²) in [7, 11) is 0. The highest BCUT2D eigenvalue weighted by atomic mass is 19.4. The first kappa shape index (κ1) is 17.7. The maximum atomic E-state index is 13.1. The molecule has 0 atom stereocenters. The van der Waals surface area contributed by atoms with E-state index in [9.17, 15) is 18.0 Å². The predicted molar refractivity (Wildman–Crippen MR) is 93.7 cm³/mol. The van der Waals surface area contributed by atoms with Crippen LogP contribution in [0, 0.1) is 6.92 Å². The van der Waals surface area contributed by atoms with Gasteiger partial charge in [-0.25, -0.2) is 0 Å². The number of halogens is 3. The van der Waals surface area contributed by atoms with Crippen LogP contribution >= 0.6 is 0 Å². The molecule has 0 fully saturated rings. The van der Waals surface area contributed by atoms with Gasteiger partial charge >= 0.3 is 6.18 Å². The number of carbonyl (C=O) groups excluding carboxylic acids is 1. The summed E-state index contributed by atoms with van der Waals surface area (Å²) in [6.45, 7) is 1.81. The third-order valence-corrected chi connectivity index (χ3v) is 3.96. The average Bonchev–Trinajstić information content (AvgIpc) is 2.61. The number of carbonyl (C=O) groups is 1. The number of hydrazine groups is 1. The van der Waals surface area contributed by atoms with Gasteiger partial charge in [0.2, 0.25) is 0 Å². The molecule has 8 heteroatoms. The fourth-order valence-electron chi connectivity index (χ4n) is 2.73. The topological polar surface area (TPSA) is 80.0 Å². The highest BCUT2D eigenvalue weighted by Gasteiger charge is 2.34. The standard InChI is InChI=1S/C18H15F3N4O/c1-10-9-23-16-12(15(10)25-22)6-4-8-14(16)24-17(26)11-5-2-3-7-13(11)18(19,20)21/h2-9H,22H2,1H3,(H,23,25)(H,24,26). The van der Waals surface area contributed by atoms with Gasteiger partial charge in [-0.3, -0.25) is 15.6 Å². The Morgan fingerprint density at radius 3 is 2.54 bits per heavy atom. The molecule has 0 aliphatic rings. The Kier molecular flexibility index (Phi) is 4.52. The Morgan fingerprint density at radius 1 is 1.12 bits per heavy atom. The van der Waals surface area contributed by atoms with Crippen molar-refractivity contribution in [1.82, 2.24) is 4.98 Å². The summed E-state index contributed by atoms with van der Waals surface area (Å²) in [6, 6.07) is 9.61. The quantitative estimate of drug-likeness (QED) is 0.485. The Hall–Kier alpha value is -3.13. The van der Waals surface area contributed by atoms with Gasteiger partial charge in [0, 0.05) is 11.6 Å². The highest BCUT2D eigenvalue weighted by molar-refractivity contribution is 6.10. The fraction of sp³-hybridized carbons (Fsp3) is 0.111. The molecule has 0 bridgehead atoms. The third kappa shape index (κ3) is 3.18. The molecule has 3 rings (SSSR count). The number of pyridine rings is 1. The van der Waals surface area contributed by atoms with Crippen LogP contribution in [0.2, 0.25) is 0 Å². The molecule has 26 heavy (non-hydrogen) atoms.